The van der Waals surface area contributed by atoms with E-state index < -0.39 is 0 Å². The Labute approximate surface area is 123 Å². The van der Waals surface area contributed by atoms with Crippen molar-refractivity contribution in [3.05, 3.63) is 30.3 Å². The molecule has 0 unspecified atom stereocenters. The zero-order valence-corrected chi connectivity index (χ0v) is 12.2. The molecule has 1 N–H and O–H groups in total. The van der Waals surface area contributed by atoms with Crippen molar-refractivity contribution in [1.82, 2.24) is 14.8 Å². The van der Waals surface area contributed by atoms with Crippen LogP contribution >= 0.6 is 0 Å². The van der Waals surface area contributed by atoms with Crippen LogP contribution in [-0.2, 0) is 4.79 Å². The first-order valence-corrected chi connectivity index (χ1v) is 6.90. The zero-order chi connectivity index (χ0) is 15.2. The molecular formula is C15H18N4O2. The van der Waals surface area contributed by atoms with Gasteiger partial charge in [-0.05, 0) is 6.92 Å². The minimum absolute atomic E-state index is 0.0821. The van der Waals surface area contributed by atoms with Crippen LogP contribution in [0.1, 0.15) is 31.5 Å². The molecule has 0 atom stereocenters. The molecule has 0 aliphatic rings. The lowest BCUT2D eigenvalue weighted by atomic mass is 10.2. The summed E-state index contributed by atoms with van der Waals surface area (Å²) in [5.74, 6) is 0.804. The first-order valence-electron chi connectivity index (χ1n) is 6.90. The summed E-state index contributed by atoms with van der Waals surface area (Å²) in [6, 6.07) is 9.45. The van der Waals surface area contributed by atoms with Crippen molar-refractivity contribution < 1.29 is 9.59 Å². The maximum absolute atomic E-state index is 11.9. The standard InChI is InChI=1S/C15H18N4O2/c1-3-13(21)19-15(16-10-9-11(2)20)17-14(18-19)12-7-5-4-6-8-12/h4-8H,3,9-10H2,1-2H3,(H,16,17,18). The minimum atomic E-state index is -0.144. The molecule has 0 saturated carbocycles. The van der Waals surface area contributed by atoms with Crippen LogP contribution in [0.2, 0.25) is 0 Å². The molecule has 1 heterocycles. The number of aromatic nitrogens is 3. The summed E-state index contributed by atoms with van der Waals surface area (Å²) in [6.45, 7) is 3.73. The molecule has 0 radical (unpaired) electrons. The van der Waals surface area contributed by atoms with Gasteiger partial charge in [0.25, 0.3) is 0 Å². The third-order valence-corrected chi connectivity index (χ3v) is 2.94. The molecule has 0 bridgehead atoms. The lowest BCUT2D eigenvalue weighted by Gasteiger charge is -2.04. The van der Waals surface area contributed by atoms with Crippen molar-refractivity contribution in [3.63, 3.8) is 0 Å². The molecule has 6 nitrogen and oxygen atoms in total. The van der Waals surface area contributed by atoms with E-state index in [4.69, 9.17) is 0 Å². The van der Waals surface area contributed by atoms with Gasteiger partial charge in [-0.2, -0.15) is 9.67 Å². The van der Waals surface area contributed by atoms with Gasteiger partial charge in [0.2, 0.25) is 11.9 Å². The van der Waals surface area contributed by atoms with Crippen molar-refractivity contribution in [3.8, 4) is 11.4 Å². The second kappa shape index (κ2) is 6.78. The largest absolute Gasteiger partial charge is 0.354 e. The van der Waals surface area contributed by atoms with Gasteiger partial charge < -0.3 is 5.32 Å². The predicted octanol–water partition coefficient (Wildman–Crippen LogP) is 2.39. The van der Waals surface area contributed by atoms with Crippen LogP contribution in [0.25, 0.3) is 11.4 Å². The highest BCUT2D eigenvalue weighted by Crippen LogP contribution is 2.17. The monoisotopic (exact) mass is 286 g/mol. The van der Waals surface area contributed by atoms with E-state index in [0.717, 1.165) is 5.56 Å². The number of carbonyl (C=O) groups is 2. The lowest BCUT2D eigenvalue weighted by Crippen LogP contribution is -2.17. The van der Waals surface area contributed by atoms with E-state index in [0.29, 0.717) is 31.2 Å². The van der Waals surface area contributed by atoms with Gasteiger partial charge in [-0.25, -0.2) is 0 Å². The van der Waals surface area contributed by atoms with Crippen LogP contribution in [-0.4, -0.2) is 33.0 Å². The number of ketones is 1. The lowest BCUT2D eigenvalue weighted by molar-refractivity contribution is -0.116. The van der Waals surface area contributed by atoms with Gasteiger partial charge in [-0.3, -0.25) is 9.59 Å². The van der Waals surface area contributed by atoms with Crippen LogP contribution in [0, 0.1) is 0 Å². The second-order valence-corrected chi connectivity index (χ2v) is 4.66. The molecule has 2 rings (SSSR count). The number of hydrogen-bond donors (Lipinski definition) is 1. The highest BCUT2D eigenvalue weighted by Gasteiger charge is 2.15. The minimum Gasteiger partial charge on any atom is -0.354 e. The van der Waals surface area contributed by atoms with Gasteiger partial charge in [0.1, 0.15) is 5.78 Å². The maximum Gasteiger partial charge on any atom is 0.249 e. The number of anilines is 1. The van der Waals surface area contributed by atoms with E-state index in [-0.39, 0.29) is 11.7 Å². The Bertz CT molecular complexity index is 634. The molecule has 21 heavy (non-hydrogen) atoms. The summed E-state index contributed by atoms with van der Waals surface area (Å²) in [5, 5.41) is 7.26. The van der Waals surface area contributed by atoms with Gasteiger partial charge >= 0.3 is 0 Å². The predicted molar refractivity (Wildman–Crippen MR) is 80.2 cm³/mol. The average molecular weight is 286 g/mol. The van der Waals surface area contributed by atoms with E-state index in [2.05, 4.69) is 15.4 Å². The Morgan fingerprint density at radius 3 is 2.57 bits per heavy atom. The van der Waals surface area contributed by atoms with Crippen LogP contribution in [0.3, 0.4) is 0 Å². The molecule has 0 saturated heterocycles. The zero-order valence-electron chi connectivity index (χ0n) is 12.2. The molecule has 0 fully saturated rings. The van der Waals surface area contributed by atoms with Gasteiger partial charge in [0.15, 0.2) is 5.82 Å². The molecule has 0 spiro atoms. The Hall–Kier alpha value is -2.50. The van der Waals surface area contributed by atoms with Crippen LogP contribution in [0.4, 0.5) is 5.95 Å². The summed E-state index contributed by atoms with van der Waals surface area (Å²) in [5.41, 5.74) is 0.842. The van der Waals surface area contributed by atoms with Crippen molar-refractivity contribution >= 4 is 17.6 Å². The van der Waals surface area contributed by atoms with Gasteiger partial charge in [-0.15, -0.1) is 5.10 Å². The number of nitrogens with one attached hydrogen (secondary N) is 1. The summed E-state index contributed by atoms with van der Waals surface area (Å²) in [7, 11) is 0. The van der Waals surface area contributed by atoms with E-state index in [1.165, 1.54) is 11.6 Å². The van der Waals surface area contributed by atoms with Gasteiger partial charge in [0.05, 0.1) is 0 Å². The summed E-state index contributed by atoms with van der Waals surface area (Å²) >= 11 is 0. The quantitative estimate of drug-likeness (QED) is 0.882. The number of benzene rings is 1. The fourth-order valence-corrected chi connectivity index (χ4v) is 1.81. The van der Waals surface area contributed by atoms with Crippen LogP contribution < -0.4 is 5.32 Å². The molecule has 0 aliphatic carbocycles. The molecule has 110 valence electrons. The molecule has 0 aliphatic heterocycles. The molecule has 2 aromatic rings. The number of carbonyl (C=O) groups excluding carboxylic acids is 2. The van der Waals surface area contributed by atoms with Crippen molar-refractivity contribution in [2.75, 3.05) is 11.9 Å². The highest BCUT2D eigenvalue weighted by molar-refractivity contribution is 5.81. The van der Waals surface area contributed by atoms with E-state index in [9.17, 15) is 9.59 Å². The number of hydrogen-bond acceptors (Lipinski definition) is 5. The second-order valence-electron chi connectivity index (χ2n) is 4.66. The molecule has 6 heteroatoms. The van der Waals surface area contributed by atoms with Gasteiger partial charge in [0, 0.05) is 24.9 Å². The van der Waals surface area contributed by atoms with E-state index >= 15 is 0 Å². The highest BCUT2D eigenvalue weighted by atomic mass is 16.2. The van der Waals surface area contributed by atoms with E-state index in [1.54, 1.807) is 6.92 Å². The fraction of sp³-hybridized carbons (Fsp3) is 0.333. The Morgan fingerprint density at radius 1 is 1.24 bits per heavy atom. The van der Waals surface area contributed by atoms with E-state index in [1.807, 2.05) is 30.3 Å². The van der Waals surface area contributed by atoms with Gasteiger partial charge in [-0.1, -0.05) is 37.3 Å². The smallest absolute Gasteiger partial charge is 0.249 e. The Balaban J connectivity index is 2.27. The van der Waals surface area contributed by atoms with Crippen LogP contribution in [0.15, 0.2) is 30.3 Å². The summed E-state index contributed by atoms with van der Waals surface area (Å²) < 4.78 is 1.27. The Kier molecular flexibility index (Phi) is 4.81. The summed E-state index contributed by atoms with van der Waals surface area (Å²) in [6.07, 6.45) is 0.715. The number of rotatable bonds is 6. The first kappa shape index (κ1) is 14.9. The first-order chi connectivity index (χ1) is 10.1. The van der Waals surface area contributed by atoms with Crippen LogP contribution in [0.5, 0.6) is 0 Å². The summed E-state index contributed by atoms with van der Waals surface area (Å²) in [4.78, 5) is 27.3. The average Bonchev–Trinajstić information content (AvgIpc) is 2.91. The third-order valence-electron chi connectivity index (χ3n) is 2.94. The molecule has 0 amide bonds. The third kappa shape index (κ3) is 3.75. The van der Waals surface area contributed by atoms with Crippen molar-refractivity contribution in [2.24, 2.45) is 0 Å². The van der Waals surface area contributed by atoms with Crippen molar-refractivity contribution in [2.45, 2.75) is 26.7 Å². The SMILES string of the molecule is CCC(=O)n1nc(-c2ccccc2)nc1NCCC(C)=O. The molecule has 1 aromatic carbocycles. The maximum atomic E-state index is 11.9. The van der Waals surface area contributed by atoms with Crippen molar-refractivity contribution in [1.29, 1.82) is 0 Å². The molecular weight excluding hydrogens is 268 g/mol. The molecule has 1 aromatic heterocycles. The normalized spacial score (nSPS) is 10.4. The number of nitrogens with zero attached hydrogens (tertiary/aromatic N) is 3. The topological polar surface area (TPSA) is 76.9 Å². The Morgan fingerprint density at radius 2 is 1.95 bits per heavy atom. The fourth-order valence-electron chi connectivity index (χ4n) is 1.81. The number of Topliss-reactive ketones (excluding diaryl/α,β-unsaturated/α-hetero) is 1.